The lowest BCUT2D eigenvalue weighted by Gasteiger charge is -2.39. The molecule has 0 aromatic rings. The molecule has 2 fully saturated rings. The molecule has 3 rings (SSSR count). The maximum Gasteiger partial charge on any atom is 0.226 e. The minimum Gasteiger partial charge on any atom is -0.395 e. The SMILES string of the molecule is O=C(C1CC2C=CC1C2)N(CCO)C1CCC1. The van der Waals surface area contributed by atoms with E-state index in [2.05, 4.69) is 12.2 Å². The Morgan fingerprint density at radius 1 is 1.29 bits per heavy atom. The number of aliphatic hydroxyl groups excluding tert-OH is 1. The highest BCUT2D eigenvalue weighted by Gasteiger charge is 2.43. The van der Waals surface area contributed by atoms with E-state index < -0.39 is 0 Å². The van der Waals surface area contributed by atoms with Crippen molar-refractivity contribution in [2.45, 2.75) is 38.1 Å². The second-order valence-corrected chi connectivity index (χ2v) is 5.73. The number of carbonyl (C=O) groups is 1. The normalized spacial score (nSPS) is 35.0. The van der Waals surface area contributed by atoms with Gasteiger partial charge in [0.1, 0.15) is 0 Å². The summed E-state index contributed by atoms with van der Waals surface area (Å²) in [5.74, 6) is 1.64. The summed E-state index contributed by atoms with van der Waals surface area (Å²) < 4.78 is 0. The van der Waals surface area contributed by atoms with Gasteiger partial charge in [-0.15, -0.1) is 0 Å². The molecular weight excluding hydrogens is 214 g/mol. The smallest absolute Gasteiger partial charge is 0.226 e. The number of carbonyl (C=O) groups excluding carboxylic acids is 1. The van der Waals surface area contributed by atoms with E-state index >= 15 is 0 Å². The van der Waals surface area contributed by atoms with Crippen molar-refractivity contribution in [1.82, 2.24) is 4.90 Å². The summed E-state index contributed by atoms with van der Waals surface area (Å²) in [6, 6.07) is 0.415. The first-order valence-corrected chi connectivity index (χ1v) is 6.89. The van der Waals surface area contributed by atoms with Crippen LogP contribution in [0.3, 0.4) is 0 Å². The second-order valence-electron chi connectivity index (χ2n) is 5.73. The Kier molecular flexibility index (Phi) is 2.95. The van der Waals surface area contributed by atoms with Crippen LogP contribution < -0.4 is 0 Å². The molecule has 3 aliphatic rings. The Labute approximate surface area is 102 Å². The van der Waals surface area contributed by atoms with E-state index in [4.69, 9.17) is 5.11 Å². The molecular formula is C14H21NO2. The van der Waals surface area contributed by atoms with Gasteiger partial charge in [-0.2, -0.15) is 0 Å². The van der Waals surface area contributed by atoms with Crippen LogP contribution in [0.4, 0.5) is 0 Å². The van der Waals surface area contributed by atoms with Crippen LogP contribution in [0.25, 0.3) is 0 Å². The molecule has 3 aliphatic carbocycles. The Balaban J connectivity index is 1.68. The first-order chi connectivity index (χ1) is 8.29. The fourth-order valence-electron chi connectivity index (χ4n) is 3.56. The van der Waals surface area contributed by atoms with E-state index in [9.17, 15) is 4.79 Å². The Morgan fingerprint density at radius 3 is 2.59 bits per heavy atom. The van der Waals surface area contributed by atoms with Crippen LogP contribution in [0.2, 0.25) is 0 Å². The number of nitrogens with zero attached hydrogens (tertiary/aromatic N) is 1. The fourth-order valence-corrected chi connectivity index (χ4v) is 3.56. The number of rotatable bonds is 4. The van der Waals surface area contributed by atoms with Crippen molar-refractivity contribution in [3.8, 4) is 0 Å². The van der Waals surface area contributed by atoms with E-state index in [0.717, 1.165) is 19.3 Å². The maximum atomic E-state index is 12.5. The van der Waals surface area contributed by atoms with Crippen LogP contribution in [0.1, 0.15) is 32.1 Å². The standard InChI is InChI=1S/C14H21NO2/c16-7-6-15(12-2-1-3-12)14(17)13-9-10-4-5-11(13)8-10/h4-5,10-13,16H,1-3,6-9H2. The molecule has 0 aliphatic heterocycles. The molecule has 3 unspecified atom stereocenters. The van der Waals surface area contributed by atoms with Crippen molar-refractivity contribution in [2.24, 2.45) is 17.8 Å². The molecule has 3 heteroatoms. The zero-order valence-electron chi connectivity index (χ0n) is 10.2. The minimum atomic E-state index is 0.0961. The van der Waals surface area contributed by atoms with E-state index in [1.165, 1.54) is 12.8 Å². The summed E-state index contributed by atoms with van der Waals surface area (Å²) in [5.41, 5.74) is 0. The number of allylic oxidation sites excluding steroid dienone is 2. The van der Waals surface area contributed by atoms with Gasteiger partial charge in [-0.05, 0) is 43.9 Å². The number of hydrogen-bond donors (Lipinski definition) is 1. The van der Waals surface area contributed by atoms with Crippen LogP contribution in [-0.2, 0) is 4.79 Å². The Hall–Kier alpha value is -0.830. The van der Waals surface area contributed by atoms with Gasteiger partial charge in [0.2, 0.25) is 5.91 Å². The molecule has 0 heterocycles. The summed E-state index contributed by atoms with van der Waals surface area (Å²) in [5, 5.41) is 9.12. The Bertz CT molecular complexity index is 335. The highest BCUT2D eigenvalue weighted by atomic mass is 16.3. The van der Waals surface area contributed by atoms with Crippen molar-refractivity contribution in [3.63, 3.8) is 0 Å². The van der Waals surface area contributed by atoms with Gasteiger partial charge < -0.3 is 10.0 Å². The number of amides is 1. The highest BCUT2D eigenvalue weighted by Crippen LogP contribution is 2.44. The van der Waals surface area contributed by atoms with Crippen molar-refractivity contribution >= 4 is 5.91 Å². The van der Waals surface area contributed by atoms with Crippen molar-refractivity contribution in [2.75, 3.05) is 13.2 Å². The topological polar surface area (TPSA) is 40.5 Å². The maximum absolute atomic E-state index is 12.5. The zero-order valence-corrected chi connectivity index (χ0v) is 10.2. The third-order valence-corrected chi connectivity index (χ3v) is 4.74. The number of aliphatic hydroxyl groups is 1. The molecule has 17 heavy (non-hydrogen) atoms. The highest BCUT2D eigenvalue weighted by molar-refractivity contribution is 5.80. The van der Waals surface area contributed by atoms with Gasteiger partial charge in [-0.1, -0.05) is 12.2 Å². The van der Waals surface area contributed by atoms with Crippen LogP contribution in [0.5, 0.6) is 0 Å². The van der Waals surface area contributed by atoms with Crippen LogP contribution in [-0.4, -0.2) is 35.1 Å². The minimum absolute atomic E-state index is 0.0961. The third-order valence-electron chi connectivity index (χ3n) is 4.74. The van der Waals surface area contributed by atoms with Gasteiger partial charge in [-0.3, -0.25) is 4.79 Å². The molecule has 0 radical (unpaired) electrons. The molecule has 1 amide bonds. The van der Waals surface area contributed by atoms with E-state index in [0.29, 0.717) is 30.3 Å². The van der Waals surface area contributed by atoms with Crippen molar-refractivity contribution in [1.29, 1.82) is 0 Å². The molecule has 2 bridgehead atoms. The lowest BCUT2D eigenvalue weighted by atomic mass is 9.87. The summed E-state index contributed by atoms with van der Waals surface area (Å²) >= 11 is 0. The molecule has 2 saturated carbocycles. The summed E-state index contributed by atoms with van der Waals surface area (Å²) in [6.07, 6.45) is 10.2. The molecule has 0 aromatic carbocycles. The zero-order chi connectivity index (χ0) is 11.8. The number of fused-ring (bicyclic) bond motifs is 2. The predicted octanol–water partition coefficient (Wildman–Crippen LogP) is 1.57. The molecule has 0 aromatic heterocycles. The average Bonchev–Trinajstić information content (AvgIpc) is 2.86. The summed E-state index contributed by atoms with van der Waals surface area (Å²) in [6.45, 7) is 0.625. The van der Waals surface area contributed by atoms with Crippen LogP contribution in [0, 0.1) is 17.8 Å². The molecule has 0 saturated heterocycles. The number of hydrogen-bond acceptors (Lipinski definition) is 2. The van der Waals surface area contributed by atoms with E-state index in [1.54, 1.807) is 0 Å². The van der Waals surface area contributed by atoms with E-state index in [-0.39, 0.29) is 12.5 Å². The molecule has 3 nitrogen and oxygen atoms in total. The average molecular weight is 235 g/mol. The summed E-state index contributed by atoms with van der Waals surface area (Å²) in [7, 11) is 0. The molecule has 94 valence electrons. The molecule has 0 spiro atoms. The Morgan fingerprint density at radius 2 is 2.12 bits per heavy atom. The first-order valence-electron chi connectivity index (χ1n) is 6.89. The second kappa shape index (κ2) is 4.45. The van der Waals surface area contributed by atoms with Gasteiger partial charge in [0, 0.05) is 18.5 Å². The molecule has 1 N–H and O–H groups in total. The third kappa shape index (κ3) is 1.90. The van der Waals surface area contributed by atoms with E-state index in [1.807, 2.05) is 4.90 Å². The van der Waals surface area contributed by atoms with Gasteiger partial charge in [0.25, 0.3) is 0 Å². The first kappa shape index (κ1) is 11.3. The lowest BCUT2D eigenvalue weighted by Crippen LogP contribution is -2.48. The van der Waals surface area contributed by atoms with Gasteiger partial charge >= 0.3 is 0 Å². The monoisotopic (exact) mass is 235 g/mol. The van der Waals surface area contributed by atoms with Crippen LogP contribution >= 0.6 is 0 Å². The quantitative estimate of drug-likeness (QED) is 0.751. The fraction of sp³-hybridized carbons (Fsp3) is 0.786. The van der Waals surface area contributed by atoms with Crippen LogP contribution in [0.15, 0.2) is 12.2 Å². The van der Waals surface area contributed by atoms with Gasteiger partial charge in [0.15, 0.2) is 0 Å². The van der Waals surface area contributed by atoms with Gasteiger partial charge in [0.05, 0.1) is 6.61 Å². The lowest BCUT2D eigenvalue weighted by molar-refractivity contribution is -0.141. The predicted molar refractivity (Wildman–Crippen MR) is 65.3 cm³/mol. The van der Waals surface area contributed by atoms with Crippen molar-refractivity contribution < 1.29 is 9.90 Å². The largest absolute Gasteiger partial charge is 0.395 e. The molecule has 3 atom stereocenters. The van der Waals surface area contributed by atoms with Crippen molar-refractivity contribution in [3.05, 3.63) is 12.2 Å². The van der Waals surface area contributed by atoms with Gasteiger partial charge in [-0.25, -0.2) is 0 Å². The summed E-state index contributed by atoms with van der Waals surface area (Å²) in [4.78, 5) is 14.5.